The van der Waals surface area contributed by atoms with Crippen molar-refractivity contribution in [1.82, 2.24) is 0 Å². The molecule has 0 heterocycles. The lowest BCUT2D eigenvalue weighted by molar-refractivity contribution is 1.49. The van der Waals surface area contributed by atoms with Crippen molar-refractivity contribution in [2.24, 2.45) is 0 Å². The molecule has 1 aromatic carbocycles. The third-order valence-electron chi connectivity index (χ3n) is 2.10. The molecule has 0 amide bonds. The largest absolute Gasteiger partial charge is 0.131 e. The molecule has 0 radical (unpaired) electrons. The molecule has 0 spiro atoms. The minimum atomic E-state index is 1.15. The van der Waals surface area contributed by atoms with Gasteiger partial charge in [0.2, 0.25) is 0 Å². The molecule has 13 heavy (non-hydrogen) atoms. The van der Waals surface area contributed by atoms with Crippen molar-refractivity contribution in [3.63, 3.8) is 0 Å². The first-order valence-corrected chi connectivity index (χ1v) is 5.60. The van der Waals surface area contributed by atoms with E-state index in [9.17, 15) is 0 Å². The van der Waals surface area contributed by atoms with E-state index in [1.165, 1.54) is 16.0 Å². The Labute approximate surface area is 85.1 Å². The van der Waals surface area contributed by atoms with Crippen LogP contribution >= 0.6 is 11.8 Å². The van der Waals surface area contributed by atoms with Crippen LogP contribution in [0.25, 0.3) is 5.57 Å². The molecule has 0 atom stereocenters. The molecular weight excluding hydrogens is 176 g/mol. The monoisotopic (exact) mass is 192 g/mol. The second-order valence-corrected chi connectivity index (χ2v) is 4.46. The summed E-state index contributed by atoms with van der Waals surface area (Å²) in [5, 5.41) is 0. The van der Waals surface area contributed by atoms with Crippen LogP contribution in [0.15, 0.2) is 35.2 Å². The van der Waals surface area contributed by atoms with E-state index in [0.29, 0.717) is 0 Å². The molecule has 0 saturated heterocycles. The second-order valence-electron chi connectivity index (χ2n) is 2.98. The number of rotatable bonds is 3. The average molecular weight is 192 g/mol. The Kier molecular flexibility index (Phi) is 4.10. The Hall–Kier alpha value is -0.690. The SMILES string of the molecule is CCS/C(C)=C(\C)c1ccccc1. The van der Waals surface area contributed by atoms with Crippen LogP contribution in [0.5, 0.6) is 0 Å². The lowest BCUT2D eigenvalue weighted by Gasteiger charge is -2.06. The molecule has 0 saturated carbocycles. The van der Waals surface area contributed by atoms with Crippen LogP contribution in [0, 0.1) is 0 Å². The predicted molar refractivity (Wildman–Crippen MR) is 62.8 cm³/mol. The van der Waals surface area contributed by atoms with Gasteiger partial charge in [-0.2, -0.15) is 0 Å². The molecule has 0 fully saturated rings. The summed E-state index contributed by atoms with van der Waals surface area (Å²) in [6, 6.07) is 10.6. The van der Waals surface area contributed by atoms with Crippen LogP contribution in [0.4, 0.5) is 0 Å². The van der Waals surface area contributed by atoms with E-state index in [4.69, 9.17) is 0 Å². The summed E-state index contributed by atoms with van der Waals surface area (Å²) in [5.74, 6) is 1.15. The summed E-state index contributed by atoms with van der Waals surface area (Å²) >= 11 is 1.91. The van der Waals surface area contributed by atoms with Gasteiger partial charge in [0, 0.05) is 0 Å². The van der Waals surface area contributed by atoms with Gasteiger partial charge in [0.1, 0.15) is 0 Å². The van der Waals surface area contributed by atoms with Crippen molar-refractivity contribution < 1.29 is 0 Å². The molecule has 1 heteroatoms. The molecule has 0 nitrogen and oxygen atoms in total. The number of hydrogen-bond donors (Lipinski definition) is 0. The summed E-state index contributed by atoms with van der Waals surface area (Å²) in [5.41, 5.74) is 2.73. The Morgan fingerprint density at radius 1 is 1.15 bits per heavy atom. The van der Waals surface area contributed by atoms with Crippen molar-refractivity contribution >= 4 is 17.3 Å². The van der Waals surface area contributed by atoms with E-state index >= 15 is 0 Å². The smallest absolute Gasteiger partial charge is 0.00517 e. The number of benzene rings is 1. The molecule has 0 aliphatic heterocycles. The lowest BCUT2D eigenvalue weighted by atomic mass is 10.1. The fourth-order valence-electron chi connectivity index (χ4n) is 1.22. The van der Waals surface area contributed by atoms with E-state index in [1.54, 1.807) is 0 Å². The minimum Gasteiger partial charge on any atom is -0.131 e. The molecule has 0 bridgehead atoms. The minimum absolute atomic E-state index is 1.15. The zero-order valence-electron chi connectivity index (χ0n) is 8.50. The van der Waals surface area contributed by atoms with Crippen LogP contribution in [-0.2, 0) is 0 Å². The van der Waals surface area contributed by atoms with E-state index in [1.807, 2.05) is 11.8 Å². The summed E-state index contributed by atoms with van der Waals surface area (Å²) in [4.78, 5) is 1.42. The number of hydrogen-bond acceptors (Lipinski definition) is 1. The summed E-state index contributed by atoms with van der Waals surface area (Å²) < 4.78 is 0. The van der Waals surface area contributed by atoms with Crippen molar-refractivity contribution in [3.8, 4) is 0 Å². The lowest BCUT2D eigenvalue weighted by Crippen LogP contribution is -1.82. The Morgan fingerprint density at radius 2 is 1.77 bits per heavy atom. The van der Waals surface area contributed by atoms with E-state index in [-0.39, 0.29) is 0 Å². The van der Waals surface area contributed by atoms with Gasteiger partial charge < -0.3 is 0 Å². The maximum absolute atomic E-state index is 2.19. The topological polar surface area (TPSA) is 0 Å². The summed E-state index contributed by atoms with van der Waals surface area (Å²) in [7, 11) is 0. The first-order chi connectivity index (χ1) is 6.25. The third kappa shape index (κ3) is 2.92. The Bertz CT molecular complexity index is 285. The zero-order valence-corrected chi connectivity index (χ0v) is 9.32. The average Bonchev–Trinajstić information content (AvgIpc) is 2.18. The fourth-order valence-corrected chi connectivity index (χ4v) is 1.98. The van der Waals surface area contributed by atoms with Gasteiger partial charge in [0.15, 0.2) is 0 Å². The van der Waals surface area contributed by atoms with E-state index in [2.05, 4.69) is 51.1 Å². The van der Waals surface area contributed by atoms with Crippen LogP contribution in [0.2, 0.25) is 0 Å². The zero-order chi connectivity index (χ0) is 9.68. The molecule has 1 aromatic rings. The van der Waals surface area contributed by atoms with Crippen LogP contribution in [0.1, 0.15) is 26.3 Å². The molecule has 0 aromatic heterocycles. The Balaban J connectivity index is 2.89. The van der Waals surface area contributed by atoms with Gasteiger partial charge in [-0.25, -0.2) is 0 Å². The summed E-state index contributed by atoms with van der Waals surface area (Å²) in [6.45, 7) is 6.57. The second kappa shape index (κ2) is 5.13. The van der Waals surface area contributed by atoms with Crippen molar-refractivity contribution in [1.29, 1.82) is 0 Å². The molecule has 70 valence electrons. The predicted octanol–water partition coefficient (Wildman–Crippen LogP) is 4.19. The molecule has 0 aliphatic carbocycles. The quantitative estimate of drug-likeness (QED) is 0.692. The van der Waals surface area contributed by atoms with Gasteiger partial charge in [-0.05, 0) is 35.6 Å². The normalized spacial score (nSPS) is 12.5. The highest BCUT2D eigenvalue weighted by molar-refractivity contribution is 8.03. The number of allylic oxidation sites excluding steroid dienone is 2. The van der Waals surface area contributed by atoms with Crippen molar-refractivity contribution in [2.75, 3.05) is 5.75 Å². The van der Waals surface area contributed by atoms with Gasteiger partial charge in [-0.15, -0.1) is 11.8 Å². The van der Waals surface area contributed by atoms with Crippen molar-refractivity contribution in [3.05, 3.63) is 40.8 Å². The maximum Gasteiger partial charge on any atom is -0.00517 e. The standard InChI is InChI=1S/C12H16S/c1-4-13-11(3)10(2)12-8-6-5-7-9-12/h5-9H,4H2,1-3H3/b11-10+. The van der Waals surface area contributed by atoms with Gasteiger partial charge in [-0.1, -0.05) is 37.3 Å². The first-order valence-electron chi connectivity index (χ1n) is 4.61. The van der Waals surface area contributed by atoms with Gasteiger partial charge >= 0.3 is 0 Å². The molecular formula is C12H16S. The van der Waals surface area contributed by atoms with E-state index < -0.39 is 0 Å². The van der Waals surface area contributed by atoms with Crippen LogP contribution < -0.4 is 0 Å². The molecule has 1 rings (SSSR count). The van der Waals surface area contributed by atoms with Crippen LogP contribution in [-0.4, -0.2) is 5.75 Å². The van der Waals surface area contributed by atoms with Crippen LogP contribution in [0.3, 0.4) is 0 Å². The molecule has 0 aliphatic rings. The fraction of sp³-hybridized carbons (Fsp3) is 0.333. The molecule has 0 N–H and O–H groups in total. The highest BCUT2D eigenvalue weighted by Gasteiger charge is 1.98. The van der Waals surface area contributed by atoms with Gasteiger partial charge in [0.25, 0.3) is 0 Å². The maximum atomic E-state index is 2.19. The first kappa shape index (κ1) is 10.4. The highest BCUT2D eigenvalue weighted by atomic mass is 32.2. The third-order valence-corrected chi connectivity index (χ3v) is 3.12. The van der Waals surface area contributed by atoms with Gasteiger partial charge in [0.05, 0.1) is 0 Å². The number of thioether (sulfide) groups is 1. The van der Waals surface area contributed by atoms with E-state index in [0.717, 1.165) is 5.75 Å². The van der Waals surface area contributed by atoms with Crippen molar-refractivity contribution in [2.45, 2.75) is 20.8 Å². The summed E-state index contributed by atoms with van der Waals surface area (Å²) in [6.07, 6.45) is 0. The highest BCUT2D eigenvalue weighted by Crippen LogP contribution is 2.25. The van der Waals surface area contributed by atoms with Gasteiger partial charge in [-0.3, -0.25) is 0 Å². The Morgan fingerprint density at radius 3 is 2.31 bits per heavy atom. The molecule has 0 unspecified atom stereocenters.